The van der Waals surface area contributed by atoms with Crippen LogP contribution in [0.2, 0.25) is 0 Å². The molecule has 0 aliphatic rings. The zero-order chi connectivity index (χ0) is 11.0. The van der Waals surface area contributed by atoms with E-state index in [1.165, 1.54) is 11.0 Å². The molecule has 3 aromatic rings. The Kier molecular flexibility index (Phi) is 1.83. The van der Waals surface area contributed by atoms with Crippen LogP contribution in [0.3, 0.4) is 0 Å². The second-order valence-corrected chi connectivity index (χ2v) is 3.43. The normalized spacial score (nSPS) is 10.8. The second kappa shape index (κ2) is 3.30. The third-order valence-corrected chi connectivity index (χ3v) is 2.38. The number of hydrogen-bond donors (Lipinski definition) is 1. The Balaban J connectivity index is 2.31. The molecule has 2 N–H and O–H groups in total. The van der Waals surface area contributed by atoms with E-state index in [0.29, 0.717) is 5.82 Å². The first-order valence-electron chi connectivity index (χ1n) is 4.85. The largest absolute Gasteiger partial charge is 0.381 e. The van der Waals surface area contributed by atoms with Crippen molar-refractivity contribution in [2.75, 3.05) is 5.73 Å². The zero-order valence-electron chi connectivity index (χ0n) is 8.41. The van der Waals surface area contributed by atoms with Crippen LogP contribution in [0.25, 0.3) is 16.5 Å². The van der Waals surface area contributed by atoms with Crippen molar-refractivity contribution in [3.05, 3.63) is 42.9 Å². The molecule has 3 rings (SSSR count). The topological polar surface area (TPSA) is 69.6 Å². The van der Waals surface area contributed by atoms with Gasteiger partial charge < -0.3 is 5.73 Å². The monoisotopic (exact) mass is 211 g/mol. The molecule has 0 atom stereocenters. The summed E-state index contributed by atoms with van der Waals surface area (Å²) in [6, 6.07) is 7.82. The lowest BCUT2D eigenvalue weighted by atomic mass is 10.1. The van der Waals surface area contributed by atoms with Gasteiger partial charge in [0.2, 0.25) is 0 Å². The van der Waals surface area contributed by atoms with Crippen LogP contribution in [0.15, 0.2) is 42.9 Å². The maximum absolute atomic E-state index is 5.55. The number of rotatable bonds is 1. The molecule has 5 nitrogen and oxygen atoms in total. The first-order chi connectivity index (χ1) is 7.84. The van der Waals surface area contributed by atoms with E-state index in [-0.39, 0.29) is 0 Å². The first-order valence-corrected chi connectivity index (χ1v) is 4.85. The first kappa shape index (κ1) is 8.84. The Bertz CT molecular complexity index is 638. The van der Waals surface area contributed by atoms with Crippen molar-refractivity contribution >= 4 is 16.6 Å². The van der Waals surface area contributed by atoms with Gasteiger partial charge in [0.15, 0.2) is 5.82 Å². The fourth-order valence-electron chi connectivity index (χ4n) is 1.67. The van der Waals surface area contributed by atoms with Crippen molar-refractivity contribution in [3.63, 3.8) is 0 Å². The molecule has 16 heavy (non-hydrogen) atoms. The highest BCUT2D eigenvalue weighted by molar-refractivity contribution is 5.89. The van der Waals surface area contributed by atoms with Gasteiger partial charge in [-0.2, -0.15) is 5.10 Å². The standard InChI is InChI=1S/C11H9N5/c12-11-7-14-16(15-11)10-3-1-2-8-6-13-5-4-9(8)10/h1-7H,(H2,12,15). The Morgan fingerprint density at radius 3 is 2.88 bits per heavy atom. The predicted octanol–water partition coefficient (Wildman–Crippen LogP) is 1.40. The van der Waals surface area contributed by atoms with Gasteiger partial charge >= 0.3 is 0 Å². The molecular formula is C11H9N5. The van der Waals surface area contributed by atoms with Crippen molar-refractivity contribution in [2.24, 2.45) is 0 Å². The molecule has 0 spiro atoms. The van der Waals surface area contributed by atoms with Crippen LogP contribution in [-0.2, 0) is 0 Å². The summed E-state index contributed by atoms with van der Waals surface area (Å²) < 4.78 is 0. The highest BCUT2D eigenvalue weighted by Crippen LogP contribution is 2.19. The lowest BCUT2D eigenvalue weighted by Gasteiger charge is -2.03. The molecule has 0 bridgehead atoms. The summed E-state index contributed by atoms with van der Waals surface area (Å²) in [4.78, 5) is 5.60. The van der Waals surface area contributed by atoms with Gasteiger partial charge in [0, 0.05) is 23.2 Å². The van der Waals surface area contributed by atoms with Gasteiger partial charge in [0.25, 0.3) is 0 Å². The minimum Gasteiger partial charge on any atom is -0.381 e. The fraction of sp³-hybridized carbons (Fsp3) is 0. The predicted molar refractivity (Wildman–Crippen MR) is 61.1 cm³/mol. The molecule has 2 aromatic heterocycles. The van der Waals surface area contributed by atoms with Crippen molar-refractivity contribution < 1.29 is 0 Å². The van der Waals surface area contributed by atoms with Gasteiger partial charge in [-0.05, 0) is 12.1 Å². The van der Waals surface area contributed by atoms with Crippen LogP contribution < -0.4 is 5.73 Å². The second-order valence-electron chi connectivity index (χ2n) is 3.43. The zero-order valence-corrected chi connectivity index (χ0v) is 8.41. The van der Waals surface area contributed by atoms with Gasteiger partial charge in [-0.1, -0.05) is 12.1 Å². The van der Waals surface area contributed by atoms with Gasteiger partial charge in [-0.25, -0.2) is 0 Å². The van der Waals surface area contributed by atoms with E-state index >= 15 is 0 Å². The molecule has 0 unspecified atom stereocenters. The van der Waals surface area contributed by atoms with E-state index in [1.54, 1.807) is 6.20 Å². The van der Waals surface area contributed by atoms with Gasteiger partial charge in [0.05, 0.1) is 11.9 Å². The van der Waals surface area contributed by atoms with Crippen LogP contribution in [-0.4, -0.2) is 20.0 Å². The summed E-state index contributed by atoms with van der Waals surface area (Å²) in [7, 11) is 0. The van der Waals surface area contributed by atoms with Crippen molar-refractivity contribution in [1.29, 1.82) is 0 Å². The van der Waals surface area contributed by atoms with Crippen molar-refractivity contribution in [2.45, 2.75) is 0 Å². The number of nitrogens with two attached hydrogens (primary N) is 1. The van der Waals surface area contributed by atoms with Crippen molar-refractivity contribution in [1.82, 2.24) is 20.0 Å². The van der Waals surface area contributed by atoms with Gasteiger partial charge in [-0.3, -0.25) is 4.98 Å². The molecule has 0 saturated carbocycles. The molecule has 5 heteroatoms. The molecule has 0 fully saturated rings. The Labute approximate surface area is 91.5 Å². The average molecular weight is 211 g/mol. The summed E-state index contributed by atoms with van der Waals surface area (Å²) in [6.07, 6.45) is 5.09. The maximum Gasteiger partial charge on any atom is 0.166 e. The number of pyridine rings is 1. The Morgan fingerprint density at radius 2 is 2.06 bits per heavy atom. The van der Waals surface area contributed by atoms with Gasteiger partial charge in [-0.15, -0.1) is 9.90 Å². The Morgan fingerprint density at radius 1 is 1.12 bits per heavy atom. The molecule has 0 radical (unpaired) electrons. The summed E-state index contributed by atoms with van der Waals surface area (Å²) in [5.41, 5.74) is 6.45. The third-order valence-electron chi connectivity index (χ3n) is 2.38. The number of fused-ring (bicyclic) bond motifs is 1. The van der Waals surface area contributed by atoms with Crippen LogP contribution in [0.5, 0.6) is 0 Å². The fourth-order valence-corrected chi connectivity index (χ4v) is 1.67. The summed E-state index contributed by atoms with van der Waals surface area (Å²) in [5.74, 6) is 0.408. The molecular weight excluding hydrogens is 202 g/mol. The van der Waals surface area contributed by atoms with E-state index in [1.807, 2.05) is 30.5 Å². The number of aromatic nitrogens is 4. The summed E-state index contributed by atoms with van der Waals surface area (Å²) in [5, 5.41) is 10.3. The van der Waals surface area contributed by atoms with E-state index in [2.05, 4.69) is 15.2 Å². The molecule has 78 valence electrons. The highest BCUT2D eigenvalue weighted by atomic mass is 15.5. The van der Waals surface area contributed by atoms with E-state index in [9.17, 15) is 0 Å². The van der Waals surface area contributed by atoms with E-state index in [0.717, 1.165) is 16.5 Å². The highest BCUT2D eigenvalue weighted by Gasteiger charge is 2.04. The number of benzene rings is 1. The van der Waals surface area contributed by atoms with Crippen LogP contribution >= 0.6 is 0 Å². The average Bonchev–Trinajstić information content (AvgIpc) is 2.75. The maximum atomic E-state index is 5.55. The molecule has 0 aliphatic heterocycles. The minimum absolute atomic E-state index is 0.408. The molecule has 0 amide bonds. The van der Waals surface area contributed by atoms with E-state index in [4.69, 9.17) is 5.73 Å². The number of nitrogen functional groups attached to an aromatic ring is 1. The molecule has 1 aromatic carbocycles. The molecule has 2 heterocycles. The number of anilines is 1. The van der Waals surface area contributed by atoms with Crippen LogP contribution in [0.4, 0.5) is 5.82 Å². The molecule has 0 aliphatic carbocycles. The quantitative estimate of drug-likeness (QED) is 0.660. The van der Waals surface area contributed by atoms with Crippen molar-refractivity contribution in [3.8, 4) is 5.69 Å². The SMILES string of the molecule is Nc1cnn(-c2cccc3cnccc23)n1. The Hall–Kier alpha value is -2.43. The lowest BCUT2D eigenvalue weighted by Crippen LogP contribution is -2.00. The summed E-state index contributed by atoms with van der Waals surface area (Å²) in [6.45, 7) is 0. The van der Waals surface area contributed by atoms with Gasteiger partial charge in [0.1, 0.15) is 0 Å². The molecule has 0 saturated heterocycles. The minimum atomic E-state index is 0.408. The van der Waals surface area contributed by atoms with Crippen LogP contribution in [0.1, 0.15) is 0 Å². The number of nitrogens with zero attached hydrogens (tertiary/aromatic N) is 4. The van der Waals surface area contributed by atoms with E-state index < -0.39 is 0 Å². The third kappa shape index (κ3) is 1.30. The number of hydrogen-bond acceptors (Lipinski definition) is 4. The van der Waals surface area contributed by atoms with Crippen LogP contribution in [0, 0.1) is 0 Å². The summed E-state index contributed by atoms with van der Waals surface area (Å²) >= 11 is 0. The lowest BCUT2D eigenvalue weighted by molar-refractivity contribution is 0.760. The smallest absolute Gasteiger partial charge is 0.166 e.